The van der Waals surface area contributed by atoms with Gasteiger partial charge in [0.15, 0.2) is 0 Å². The van der Waals surface area contributed by atoms with Crippen molar-refractivity contribution in [3.8, 4) is 0 Å². The largest absolute Gasteiger partial charge is 0.349 e. The van der Waals surface area contributed by atoms with E-state index in [1.165, 1.54) is 11.3 Å². The number of rotatable bonds is 4. The van der Waals surface area contributed by atoms with Gasteiger partial charge >= 0.3 is 0 Å². The van der Waals surface area contributed by atoms with Gasteiger partial charge in [0.2, 0.25) is 5.91 Å². The maximum absolute atomic E-state index is 12.1. The molecule has 2 fully saturated rings. The average molecular weight is 318 g/mol. The Balaban J connectivity index is 1.59. The molecule has 0 atom stereocenters. The Morgan fingerprint density at radius 1 is 1.45 bits per heavy atom. The van der Waals surface area contributed by atoms with Gasteiger partial charge in [-0.15, -0.1) is 6.58 Å². The minimum Gasteiger partial charge on any atom is -0.349 e. The van der Waals surface area contributed by atoms with E-state index in [0.717, 1.165) is 37.7 Å². The van der Waals surface area contributed by atoms with Gasteiger partial charge < -0.3 is 10.2 Å². The molecule has 1 N–H and O–H groups in total. The second-order valence-electron chi connectivity index (χ2n) is 6.28. The third-order valence-electron chi connectivity index (χ3n) is 5.02. The van der Waals surface area contributed by atoms with Crippen LogP contribution < -0.4 is 5.32 Å². The van der Waals surface area contributed by atoms with E-state index < -0.39 is 0 Å². The first-order valence-corrected chi connectivity index (χ1v) is 8.83. The number of hydrogen-bond donors (Lipinski definition) is 1. The molecule has 0 unspecified atom stereocenters. The molecule has 0 aromatic carbocycles. The second-order valence-corrected chi connectivity index (χ2v) is 7.06. The van der Waals surface area contributed by atoms with Gasteiger partial charge in [0.25, 0.3) is 5.91 Å². The van der Waals surface area contributed by atoms with E-state index in [4.69, 9.17) is 0 Å². The minimum absolute atomic E-state index is 0.00881. The van der Waals surface area contributed by atoms with Crippen LogP contribution >= 0.6 is 11.3 Å². The quantitative estimate of drug-likeness (QED) is 0.868. The van der Waals surface area contributed by atoms with Gasteiger partial charge in [0.05, 0.1) is 0 Å². The molecule has 1 saturated heterocycles. The summed E-state index contributed by atoms with van der Waals surface area (Å²) in [4.78, 5) is 26.2. The molecular weight excluding hydrogens is 296 g/mol. The van der Waals surface area contributed by atoms with E-state index in [-0.39, 0.29) is 23.4 Å². The number of nitrogens with zero attached hydrogens (tertiary/aromatic N) is 1. The zero-order chi connectivity index (χ0) is 15.6. The third kappa shape index (κ3) is 2.82. The summed E-state index contributed by atoms with van der Waals surface area (Å²) in [6.07, 6.45) is 7.25. The zero-order valence-electron chi connectivity index (χ0n) is 12.7. The van der Waals surface area contributed by atoms with Crippen LogP contribution in [0.2, 0.25) is 0 Å². The van der Waals surface area contributed by atoms with E-state index in [9.17, 15) is 9.59 Å². The maximum atomic E-state index is 12.1. The van der Waals surface area contributed by atoms with Gasteiger partial charge in [0.1, 0.15) is 0 Å². The Labute approximate surface area is 135 Å². The third-order valence-corrected chi connectivity index (χ3v) is 5.71. The van der Waals surface area contributed by atoms with Gasteiger partial charge in [0, 0.05) is 35.5 Å². The lowest BCUT2D eigenvalue weighted by Gasteiger charge is -2.43. The van der Waals surface area contributed by atoms with E-state index in [1.54, 1.807) is 0 Å². The van der Waals surface area contributed by atoms with Gasteiger partial charge in [-0.1, -0.05) is 6.08 Å². The molecule has 1 aromatic heterocycles. The summed E-state index contributed by atoms with van der Waals surface area (Å²) in [5.74, 6) is 0.272. The van der Waals surface area contributed by atoms with Crippen molar-refractivity contribution in [3.63, 3.8) is 0 Å². The monoisotopic (exact) mass is 318 g/mol. The Morgan fingerprint density at radius 2 is 2.23 bits per heavy atom. The first-order valence-electron chi connectivity index (χ1n) is 7.89. The van der Waals surface area contributed by atoms with Gasteiger partial charge in [-0.05, 0) is 43.6 Å². The van der Waals surface area contributed by atoms with Crippen LogP contribution in [-0.4, -0.2) is 34.8 Å². The fraction of sp³-hybridized carbons (Fsp3) is 0.529. The van der Waals surface area contributed by atoms with Crippen LogP contribution in [0.5, 0.6) is 0 Å². The second kappa shape index (κ2) is 6.24. The lowest BCUT2D eigenvalue weighted by molar-refractivity contribution is -0.131. The van der Waals surface area contributed by atoms with E-state index in [0.29, 0.717) is 13.0 Å². The first kappa shape index (κ1) is 15.3. The Kier molecular flexibility index (Phi) is 4.34. The molecule has 2 heterocycles. The number of hydrogen-bond acceptors (Lipinski definition) is 3. The van der Waals surface area contributed by atoms with Crippen molar-refractivity contribution in [2.24, 2.45) is 0 Å². The summed E-state index contributed by atoms with van der Waals surface area (Å²) in [7, 11) is 0. The highest BCUT2D eigenvalue weighted by Gasteiger charge is 2.46. The summed E-state index contributed by atoms with van der Waals surface area (Å²) in [6, 6.07) is 2.07. The van der Waals surface area contributed by atoms with Crippen LogP contribution in [-0.2, 0) is 4.79 Å². The van der Waals surface area contributed by atoms with Gasteiger partial charge in [-0.2, -0.15) is 11.3 Å². The number of thiophene rings is 1. The van der Waals surface area contributed by atoms with Crippen LogP contribution in [0, 0.1) is 0 Å². The molecule has 1 saturated carbocycles. The molecule has 1 aliphatic carbocycles. The SMILES string of the molecule is C=CCN1C(=O)CCC12CCC(NC(=O)c1ccsc1)CC2. The highest BCUT2D eigenvalue weighted by molar-refractivity contribution is 7.08. The molecule has 22 heavy (non-hydrogen) atoms. The summed E-state index contributed by atoms with van der Waals surface area (Å²) >= 11 is 1.54. The van der Waals surface area contributed by atoms with Crippen LogP contribution in [0.4, 0.5) is 0 Å². The smallest absolute Gasteiger partial charge is 0.252 e. The van der Waals surface area contributed by atoms with E-state index in [1.807, 2.05) is 27.8 Å². The van der Waals surface area contributed by atoms with Crippen LogP contribution in [0.25, 0.3) is 0 Å². The number of carbonyl (C=O) groups is 2. The highest BCUT2D eigenvalue weighted by atomic mass is 32.1. The lowest BCUT2D eigenvalue weighted by Crippen LogP contribution is -2.51. The standard InChI is InChI=1S/C17H22N2O2S/c1-2-10-19-15(20)5-9-17(19)7-3-14(4-8-17)18-16(21)13-6-11-22-12-13/h2,6,11-12,14H,1,3-5,7-10H2,(H,18,21). The zero-order valence-corrected chi connectivity index (χ0v) is 13.5. The highest BCUT2D eigenvalue weighted by Crippen LogP contribution is 2.42. The van der Waals surface area contributed by atoms with Crippen LogP contribution in [0.1, 0.15) is 48.9 Å². The summed E-state index contributed by atoms with van der Waals surface area (Å²) in [5.41, 5.74) is 0.754. The van der Waals surface area contributed by atoms with Crippen molar-refractivity contribution >= 4 is 23.2 Å². The van der Waals surface area contributed by atoms with Crippen molar-refractivity contribution in [2.75, 3.05) is 6.54 Å². The van der Waals surface area contributed by atoms with Gasteiger partial charge in [-0.3, -0.25) is 9.59 Å². The molecule has 2 aliphatic rings. The molecule has 0 radical (unpaired) electrons. The molecule has 118 valence electrons. The Morgan fingerprint density at radius 3 is 2.86 bits per heavy atom. The molecule has 0 bridgehead atoms. The van der Waals surface area contributed by atoms with Gasteiger partial charge in [-0.25, -0.2) is 0 Å². The minimum atomic E-state index is 0.00881. The molecule has 1 aliphatic heterocycles. The van der Waals surface area contributed by atoms with Crippen LogP contribution in [0.15, 0.2) is 29.5 Å². The van der Waals surface area contributed by atoms with E-state index >= 15 is 0 Å². The first-order chi connectivity index (χ1) is 10.6. The molecule has 3 rings (SSSR count). The number of amides is 2. The van der Waals surface area contributed by atoms with Crippen LogP contribution in [0.3, 0.4) is 0 Å². The molecular formula is C17H22N2O2S. The lowest BCUT2D eigenvalue weighted by atomic mass is 9.77. The fourth-order valence-electron chi connectivity index (χ4n) is 3.78. The number of carbonyl (C=O) groups excluding carboxylic acids is 2. The maximum Gasteiger partial charge on any atom is 0.252 e. The molecule has 1 aromatic rings. The Hall–Kier alpha value is -1.62. The summed E-state index contributed by atoms with van der Waals surface area (Å²) in [5, 5.41) is 6.92. The number of likely N-dealkylation sites (tertiary alicyclic amines) is 1. The van der Waals surface area contributed by atoms with E-state index in [2.05, 4.69) is 11.9 Å². The Bertz CT molecular complexity index is 559. The summed E-state index contributed by atoms with van der Waals surface area (Å²) < 4.78 is 0. The molecule has 2 amide bonds. The fourth-order valence-corrected chi connectivity index (χ4v) is 4.42. The van der Waals surface area contributed by atoms with Crippen molar-refractivity contribution in [1.82, 2.24) is 10.2 Å². The van der Waals surface area contributed by atoms with Crippen molar-refractivity contribution in [1.29, 1.82) is 0 Å². The van der Waals surface area contributed by atoms with Crippen molar-refractivity contribution in [2.45, 2.75) is 50.1 Å². The predicted molar refractivity (Wildman–Crippen MR) is 87.9 cm³/mol. The topological polar surface area (TPSA) is 49.4 Å². The normalized spacial score (nSPS) is 28.1. The summed E-state index contributed by atoms with van der Waals surface area (Å²) in [6.45, 7) is 4.41. The predicted octanol–water partition coefficient (Wildman–Crippen LogP) is 2.97. The van der Waals surface area contributed by atoms with Crippen molar-refractivity contribution < 1.29 is 9.59 Å². The molecule has 5 heteroatoms. The van der Waals surface area contributed by atoms with Crippen molar-refractivity contribution in [3.05, 3.63) is 35.0 Å². The number of nitrogens with one attached hydrogen (secondary N) is 1. The molecule has 1 spiro atoms. The molecule has 4 nitrogen and oxygen atoms in total. The average Bonchev–Trinajstić information content (AvgIpc) is 3.15.